The molecule has 1 aliphatic heterocycles. The summed E-state index contributed by atoms with van der Waals surface area (Å²) in [6.45, 7) is 10.2. The average Bonchev–Trinajstić information content (AvgIpc) is 2.79. The minimum atomic E-state index is 0.528. The number of aryl methyl sites for hydroxylation is 1. The molecule has 0 fully saturated rings. The lowest BCUT2D eigenvalue weighted by atomic mass is 10.1. The summed E-state index contributed by atoms with van der Waals surface area (Å²) in [5.41, 5.74) is 10.4. The van der Waals surface area contributed by atoms with Crippen LogP contribution >= 0.6 is 0 Å². The summed E-state index contributed by atoms with van der Waals surface area (Å²) in [5, 5.41) is 13.3. The highest BCUT2D eigenvalue weighted by molar-refractivity contribution is 5.76. The van der Waals surface area contributed by atoms with E-state index in [1.807, 2.05) is 26.1 Å². The molecule has 4 heteroatoms. The Kier molecular flexibility index (Phi) is 17.5. The summed E-state index contributed by atoms with van der Waals surface area (Å²) < 4.78 is 0. The maximum atomic E-state index is 7.03. The number of benzene rings is 1. The average molecular weight is 413 g/mol. The third-order valence-corrected chi connectivity index (χ3v) is 4.88. The van der Waals surface area contributed by atoms with E-state index >= 15 is 0 Å². The first-order valence-electron chi connectivity index (χ1n) is 11.3. The number of rotatable bonds is 9. The van der Waals surface area contributed by atoms with Gasteiger partial charge in [0.15, 0.2) is 0 Å². The number of likely N-dealkylation sites (N-methyl/N-ethyl adjacent to an activating group) is 1. The van der Waals surface area contributed by atoms with Gasteiger partial charge in [-0.15, -0.1) is 0 Å². The number of hydrogen-bond acceptors (Lipinski definition) is 4. The van der Waals surface area contributed by atoms with Crippen LogP contribution < -0.4 is 16.4 Å². The van der Waals surface area contributed by atoms with Gasteiger partial charge in [0.1, 0.15) is 0 Å². The summed E-state index contributed by atoms with van der Waals surface area (Å²) in [5.74, 6) is 0. The first-order chi connectivity index (χ1) is 14.6. The van der Waals surface area contributed by atoms with Crippen molar-refractivity contribution >= 4 is 6.21 Å². The monoisotopic (exact) mass is 412 g/mol. The molecule has 0 aromatic heterocycles. The molecule has 1 aliphatic rings. The molecule has 0 radical (unpaired) electrons. The second-order valence-corrected chi connectivity index (χ2v) is 7.39. The highest BCUT2D eigenvalue weighted by atomic mass is 14.9. The summed E-state index contributed by atoms with van der Waals surface area (Å²) in [6.07, 6.45) is 15.8. The minimum absolute atomic E-state index is 0.528. The van der Waals surface area contributed by atoms with Crippen molar-refractivity contribution in [1.29, 1.82) is 5.41 Å². The van der Waals surface area contributed by atoms with Crippen LogP contribution in [0.2, 0.25) is 0 Å². The second-order valence-electron chi connectivity index (χ2n) is 7.39. The molecule has 0 amide bonds. The van der Waals surface area contributed by atoms with E-state index in [4.69, 9.17) is 11.1 Å². The van der Waals surface area contributed by atoms with Gasteiger partial charge in [-0.25, -0.2) is 0 Å². The van der Waals surface area contributed by atoms with Crippen LogP contribution in [0.3, 0.4) is 0 Å². The largest absolute Gasteiger partial charge is 0.387 e. The van der Waals surface area contributed by atoms with Crippen LogP contribution in [0.5, 0.6) is 0 Å². The Labute approximate surface area is 185 Å². The molecule has 1 aromatic rings. The van der Waals surface area contributed by atoms with Gasteiger partial charge in [-0.05, 0) is 62.4 Å². The first-order valence-corrected chi connectivity index (χ1v) is 11.3. The van der Waals surface area contributed by atoms with E-state index in [2.05, 4.69) is 68.0 Å². The van der Waals surface area contributed by atoms with Gasteiger partial charge in [-0.2, -0.15) is 0 Å². The lowest BCUT2D eigenvalue weighted by Gasteiger charge is -2.10. The van der Waals surface area contributed by atoms with Crippen molar-refractivity contribution in [3.05, 3.63) is 71.0 Å². The summed E-state index contributed by atoms with van der Waals surface area (Å²) >= 11 is 0. The van der Waals surface area contributed by atoms with Crippen molar-refractivity contribution in [2.45, 2.75) is 65.8 Å². The van der Waals surface area contributed by atoms with Gasteiger partial charge in [-0.3, -0.25) is 0 Å². The Bertz CT molecular complexity index is 638. The number of dihydropyridines is 1. The van der Waals surface area contributed by atoms with E-state index in [9.17, 15) is 0 Å². The van der Waals surface area contributed by atoms with E-state index < -0.39 is 0 Å². The predicted molar refractivity (Wildman–Crippen MR) is 134 cm³/mol. The SMILES string of the molecule is C/C=C\C1=CNCC=C1C.CCCC(CN)NC.CCCCc1ccc(C=N)cc1. The smallest absolute Gasteiger partial charge is 0.0331 e. The third kappa shape index (κ3) is 13.1. The number of nitrogens with one attached hydrogen (secondary N) is 3. The Morgan fingerprint density at radius 1 is 1.20 bits per heavy atom. The second kappa shape index (κ2) is 18.8. The van der Waals surface area contributed by atoms with Crippen molar-refractivity contribution in [1.82, 2.24) is 10.6 Å². The van der Waals surface area contributed by atoms with Crippen LogP contribution in [-0.4, -0.2) is 32.4 Å². The van der Waals surface area contributed by atoms with Gasteiger partial charge < -0.3 is 21.8 Å². The minimum Gasteiger partial charge on any atom is -0.387 e. The molecule has 0 aliphatic carbocycles. The van der Waals surface area contributed by atoms with Gasteiger partial charge in [-0.1, -0.05) is 69.2 Å². The molecular weight excluding hydrogens is 368 g/mol. The molecule has 0 spiro atoms. The Hall–Kier alpha value is -2.17. The summed E-state index contributed by atoms with van der Waals surface area (Å²) in [6, 6.07) is 8.74. The fraction of sp³-hybridized carbons (Fsp3) is 0.500. The molecule has 30 heavy (non-hydrogen) atoms. The fourth-order valence-corrected chi connectivity index (χ4v) is 2.86. The zero-order chi connectivity index (χ0) is 22.6. The summed E-state index contributed by atoms with van der Waals surface area (Å²) in [7, 11) is 1.95. The topological polar surface area (TPSA) is 73.9 Å². The fourth-order valence-electron chi connectivity index (χ4n) is 2.86. The molecule has 1 atom stereocenters. The van der Waals surface area contributed by atoms with Crippen molar-refractivity contribution in [3.63, 3.8) is 0 Å². The van der Waals surface area contributed by atoms with Crippen LogP contribution in [0, 0.1) is 5.41 Å². The van der Waals surface area contributed by atoms with Crippen molar-refractivity contribution in [2.24, 2.45) is 5.73 Å². The van der Waals surface area contributed by atoms with E-state index in [0.29, 0.717) is 6.04 Å². The normalized spacial score (nSPS) is 13.7. The van der Waals surface area contributed by atoms with Gasteiger partial charge in [0.2, 0.25) is 0 Å². The standard InChI is InChI=1S/C11H15N.C9H13N.C6H16N2/c1-2-3-4-10-5-7-11(9-12)8-6-10;1-3-4-9-7-10-6-5-8(9)2;1-3-4-6(5-7)8-2/h5-9,12H,2-4H2,1H3;3-5,7,10H,6H2,1-2H3;6,8H,3-5,7H2,1-2H3/b;4-3-;. The van der Waals surface area contributed by atoms with Crippen LogP contribution in [0.25, 0.3) is 0 Å². The highest BCUT2D eigenvalue weighted by Crippen LogP contribution is 2.11. The van der Waals surface area contributed by atoms with Crippen LogP contribution in [0.1, 0.15) is 64.5 Å². The third-order valence-electron chi connectivity index (χ3n) is 4.88. The molecule has 5 N–H and O–H groups in total. The Morgan fingerprint density at radius 2 is 1.90 bits per heavy atom. The highest BCUT2D eigenvalue weighted by Gasteiger charge is 1.98. The van der Waals surface area contributed by atoms with Gasteiger partial charge in [0.05, 0.1) is 0 Å². The molecule has 1 heterocycles. The first kappa shape index (κ1) is 27.8. The molecule has 0 saturated carbocycles. The zero-order valence-corrected chi connectivity index (χ0v) is 19.8. The van der Waals surface area contributed by atoms with Crippen molar-refractivity contribution < 1.29 is 0 Å². The summed E-state index contributed by atoms with van der Waals surface area (Å²) in [4.78, 5) is 0. The van der Waals surface area contributed by atoms with E-state index in [0.717, 1.165) is 25.1 Å². The zero-order valence-electron chi connectivity index (χ0n) is 19.8. The van der Waals surface area contributed by atoms with E-state index in [-0.39, 0.29) is 0 Å². The van der Waals surface area contributed by atoms with Crippen molar-refractivity contribution in [2.75, 3.05) is 20.1 Å². The van der Waals surface area contributed by atoms with E-state index in [1.165, 1.54) is 48.6 Å². The molecule has 0 bridgehead atoms. The number of hydrogen-bond donors (Lipinski definition) is 4. The molecule has 4 nitrogen and oxygen atoms in total. The van der Waals surface area contributed by atoms with Gasteiger partial charge in [0, 0.05) is 31.5 Å². The maximum Gasteiger partial charge on any atom is 0.0331 e. The predicted octanol–water partition coefficient (Wildman–Crippen LogP) is 5.36. The lowest BCUT2D eigenvalue weighted by molar-refractivity contribution is 0.525. The number of unbranched alkanes of at least 4 members (excludes halogenated alkanes) is 1. The van der Waals surface area contributed by atoms with E-state index in [1.54, 1.807) is 0 Å². The van der Waals surface area contributed by atoms with Crippen LogP contribution in [-0.2, 0) is 6.42 Å². The Balaban J connectivity index is 0.000000431. The molecule has 0 saturated heterocycles. The Morgan fingerprint density at radius 3 is 2.33 bits per heavy atom. The number of allylic oxidation sites excluding steroid dienone is 4. The molecular formula is C26H44N4. The maximum absolute atomic E-state index is 7.03. The molecule has 1 unspecified atom stereocenters. The van der Waals surface area contributed by atoms with Crippen LogP contribution in [0.4, 0.5) is 0 Å². The van der Waals surface area contributed by atoms with Gasteiger partial charge >= 0.3 is 0 Å². The lowest BCUT2D eigenvalue weighted by Crippen LogP contribution is -2.32. The molecule has 168 valence electrons. The molecule has 2 rings (SSSR count). The molecule has 1 aromatic carbocycles. The van der Waals surface area contributed by atoms with Crippen molar-refractivity contribution in [3.8, 4) is 0 Å². The number of nitrogens with two attached hydrogens (primary N) is 1. The van der Waals surface area contributed by atoms with Crippen LogP contribution in [0.15, 0.2) is 59.8 Å². The quantitative estimate of drug-likeness (QED) is 0.413. The van der Waals surface area contributed by atoms with Gasteiger partial charge in [0.25, 0.3) is 0 Å².